The van der Waals surface area contributed by atoms with Crippen LogP contribution < -0.4 is 10.1 Å². The molecule has 84 valence electrons. The van der Waals surface area contributed by atoms with E-state index in [2.05, 4.69) is 15.3 Å². The molecule has 0 radical (unpaired) electrons. The summed E-state index contributed by atoms with van der Waals surface area (Å²) in [5.41, 5.74) is 0.639. The molecule has 0 unspecified atom stereocenters. The maximum atomic E-state index is 11.9. The summed E-state index contributed by atoms with van der Waals surface area (Å²) in [6.07, 6.45) is -1.21. The summed E-state index contributed by atoms with van der Waals surface area (Å²) in [5, 5.41) is 2.99. The van der Waals surface area contributed by atoms with Gasteiger partial charge in [0.15, 0.2) is 6.61 Å². The van der Waals surface area contributed by atoms with Crippen molar-refractivity contribution in [2.75, 3.05) is 18.5 Å². The zero-order valence-corrected chi connectivity index (χ0v) is 8.63. The Balaban J connectivity index is 2.75. The van der Waals surface area contributed by atoms with Crippen molar-refractivity contribution in [3.05, 3.63) is 11.9 Å². The fourth-order valence-corrected chi connectivity index (χ4v) is 1.07. The minimum atomic E-state index is -2.50. The number of rotatable bonds is 5. The monoisotopic (exact) mass is 217 g/mol. The summed E-state index contributed by atoms with van der Waals surface area (Å²) in [5.74, 6) is 0.804. The fourth-order valence-electron chi connectivity index (χ4n) is 1.07. The van der Waals surface area contributed by atoms with Crippen LogP contribution in [0.25, 0.3) is 0 Å². The van der Waals surface area contributed by atoms with Crippen LogP contribution in [-0.2, 0) is 0 Å². The van der Waals surface area contributed by atoms with Gasteiger partial charge in [0.05, 0.1) is 5.56 Å². The molecule has 0 aliphatic rings. The average Bonchev–Trinajstić information content (AvgIpc) is 2.19. The SMILES string of the molecule is CCNc1ncnc(OCC(F)F)c1C. The van der Waals surface area contributed by atoms with Crippen LogP contribution in [0, 0.1) is 6.92 Å². The highest BCUT2D eigenvalue weighted by Gasteiger charge is 2.10. The molecule has 15 heavy (non-hydrogen) atoms. The molecule has 0 atom stereocenters. The summed E-state index contributed by atoms with van der Waals surface area (Å²) < 4.78 is 28.7. The number of alkyl halides is 2. The first-order chi connectivity index (χ1) is 7.15. The zero-order chi connectivity index (χ0) is 11.3. The van der Waals surface area contributed by atoms with Gasteiger partial charge in [0, 0.05) is 6.54 Å². The first-order valence-corrected chi connectivity index (χ1v) is 4.61. The number of hydrogen-bond donors (Lipinski definition) is 1. The maximum Gasteiger partial charge on any atom is 0.272 e. The highest BCUT2D eigenvalue weighted by molar-refractivity contribution is 5.47. The number of anilines is 1. The predicted octanol–water partition coefficient (Wildman–Crippen LogP) is 1.86. The topological polar surface area (TPSA) is 47.0 Å². The maximum absolute atomic E-state index is 11.9. The number of hydrogen-bond acceptors (Lipinski definition) is 4. The third-order valence-electron chi connectivity index (χ3n) is 1.73. The predicted molar refractivity (Wildman–Crippen MR) is 52.4 cm³/mol. The lowest BCUT2D eigenvalue weighted by molar-refractivity contribution is 0.0792. The molecule has 0 amide bonds. The Morgan fingerprint density at radius 1 is 1.47 bits per heavy atom. The van der Waals surface area contributed by atoms with E-state index in [-0.39, 0.29) is 5.88 Å². The minimum Gasteiger partial charge on any atom is -0.471 e. The van der Waals surface area contributed by atoms with Crippen molar-refractivity contribution in [1.29, 1.82) is 0 Å². The third kappa shape index (κ3) is 3.30. The molecule has 1 heterocycles. The molecular formula is C9H13F2N3O. The van der Waals surface area contributed by atoms with Crippen LogP contribution in [0.1, 0.15) is 12.5 Å². The number of nitrogens with zero attached hydrogens (tertiary/aromatic N) is 2. The van der Waals surface area contributed by atoms with Crippen LogP contribution in [0.2, 0.25) is 0 Å². The molecule has 0 saturated carbocycles. The summed E-state index contributed by atoms with van der Waals surface area (Å²) in [6.45, 7) is 3.69. The van der Waals surface area contributed by atoms with E-state index in [0.717, 1.165) is 0 Å². The lowest BCUT2D eigenvalue weighted by atomic mass is 10.3. The van der Waals surface area contributed by atoms with Crippen LogP contribution >= 0.6 is 0 Å². The zero-order valence-electron chi connectivity index (χ0n) is 8.63. The first kappa shape index (κ1) is 11.6. The highest BCUT2D eigenvalue weighted by Crippen LogP contribution is 2.20. The Labute approximate surface area is 86.7 Å². The average molecular weight is 217 g/mol. The van der Waals surface area contributed by atoms with Gasteiger partial charge in [-0.2, -0.15) is 0 Å². The van der Waals surface area contributed by atoms with E-state index < -0.39 is 13.0 Å². The van der Waals surface area contributed by atoms with Crippen molar-refractivity contribution in [3.63, 3.8) is 0 Å². The Hall–Kier alpha value is -1.46. The first-order valence-electron chi connectivity index (χ1n) is 4.61. The van der Waals surface area contributed by atoms with Crippen molar-refractivity contribution in [1.82, 2.24) is 9.97 Å². The molecule has 0 fully saturated rings. The van der Waals surface area contributed by atoms with Crippen LogP contribution in [0.5, 0.6) is 5.88 Å². The van der Waals surface area contributed by atoms with Crippen molar-refractivity contribution < 1.29 is 13.5 Å². The van der Waals surface area contributed by atoms with Crippen LogP contribution in [0.4, 0.5) is 14.6 Å². The van der Waals surface area contributed by atoms with E-state index in [4.69, 9.17) is 4.74 Å². The Kier molecular flexibility index (Phi) is 4.20. The fraction of sp³-hybridized carbons (Fsp3) is 0.556. The number of aromatic nitrogens is 2. The van der Waals surface area contributed by atoms with Gasteiger partial charge < -0.3 is 10.1 Å². The third-order valence-corrected chi connectivity index (χ3v) is 1.73. The summed E-state index contributed by atoms with van der Waals surface area (Å²) >= 11 is 0. The lowest BCUT2D eigenvalue weighted by Gasteiger charge is -2.10. The van der Waals surface area contributed by atoms with Gasteiger partial charge in [0.25, 0.3) is 6.43 Å². The number of ether oxygens (including phenoxy) is 1. The molecule has 1 aromatic heterocycles. The normalized spacial score (nSPS) is 10.5. The van der Waals surface area contributed by atoms with Crippen molar-refractivity contribution in [2.24, 2.45) is 0 Å². The molecule has 0 aliphatic heterocycles. The van der Waals surface area contributed by atoms with Crippen LogP contribution in [0.3, 0.4) is 0 Å². The number of halogens is 2. The van der Waals surface area contributed by atoms with Crippen molar-refractivity contribution in [3.8, 4) is 5.88 Å². The highest BCUT2D eigenvalue weighted by atomic mass is 19.3. The van der Waals surface area contributed by atoms with E-state index in [1.54, 1.807) is 6.92 Å². The molecule has 1 aromatic rings. The Morgan fingerprint density at radius 2 is 2.20 bits per heavy atom. The second kappa shape index (κ2) is 5.43. The van der Waals surface area contributed by atoms with Gasteiger partial charge in [-0.3, -0.25) is 0 Å². The van der Waals surface area contributed by atoms with Crippen LogP contribution in [0.15, 0.2) is 6.33 Å². The van der Waals surface area contributed by atoms with Crippen molar-refractivity contribution >= 4 is 5.82 Å². The second-order valence-electron chi connectivity index (χ2n) is 2.88. The Bertz CT molecular complexity index is 320. The molecule has 0 aromatic carbocycles. The molecule has 1 rings (SSSR count). The molecule has 1 N–H and O–H groups in total. The van der Waals surface area contributed by atoms with Crippen LogP contribution in [-0.4, -0.2) is 29.5 Å². The van der Waals surface area contributed by atoms with Gasteiger partial charge in [0.1, 0.15) is 12.1 Å². The largest absolute Gasteiger partial charge is 0.471 e. The van der Waals surface area contributed by atoms with Gasteiger partial charge in [-0.1, -0.05) is 0 Å². The lowest BCUT2D eigenvalue weighted by Crippen LogP contribution is -2.10. The van der Waals surface area contributed by atoms with Gasteiger partial charge >= 0.3 is 0 Å². The molecular weight excluding hydrogens is 204 g/mol. The standard InChI is InChI=1S/C9H13F2N3O/c1-3-12-8-6(2)9(14-5-13-8)15-4-7(10)11/h5,7H,3-4H2,1-2H3,(H,12,13,14). The smallest absolute Gasteiger partial charge is 0.272 e. The molecule has 0 bridgehead atoms. The van der Waals surface area contributed by atoms with E-state index in [1.165, 1.54) is 6.33 Å². The van der Waals surface area contributed by atoms with Gasteiger partial charge in [-0.15, -0.1) is 0 Å². The molecule has 0 spiro atoms. The number of nitrogens with one attached hydrogen (secondary N) is 1. The molecule has 6 heteroatoms. The van der Waals surface area contributed by atoms with Crippen molar-refractivity contribution in [2.45, 2.75) is 20.3 Å². The second-order valence-corrected chi connectivity index (χ2v) is 2.88. The summed E-state index contributed by atoms with van der Waals surface area (Å²) in [4.78, 5) is 7.75. The quantitative estimate of drug-likeness (QED) is 0.817. The van der Waals surface area contributed by atoms with E-state index >= 15 is 0 Å². The van der Waals surface area contributed by atoms with Gasteiger partial charge in [-0.05, 0) is 13.8 Å². The summed E-state index contributed by atoms with van der Waals surface area (Å²) in [7, 11) is 0. The molecule has 0 saturated heterocycles. The van der Waals surface area contributed by atoms with E-state index in [9.17, 15) is 8.78 Å². The van der Waals surface area contributed by atoms with E-state index in [0.29, 0.717) is 17.9 Å². The summed E-state index contributed by atoms with van der Waals surface area (Å²) in [6, 6.07) is 0. The molecule has 4 nitrogen and oxygen atoms in total. The minimum absolute atomic E-state index is 0.196. The van der Waals surface area contributed by atoms with Gasteiger partial charge in [-0.25, -0.2) is 18.7 Å². The molecule has 0 aliphatic carbocycles. The van der Waals surface area contributed by atoms with Gasteiger partial charge in [0.2, 0.25) is 5.88 Å². The Morgan fingerprint density at radius 3 is 2.80 bits per heavy atom. The van der Waals surface area contributed by atoms with E-state index in [1.807, 2.05) is 6.92 Å².